The second-order valence-corrected chi connectivity index (χ2v) is 4.96. The molecular weight excluding hydrogens is 233 g/mol. The lowest BCUT2D eigenvalue weighted by Gasteiger charge is -2.28. The van der Waals surface area contributed by atoms with Gasteiger partial charge in [0.25, 0.3) is 0 Å². The van der Waals surface area contributed by atoms with Crippen LogP contribution in [0.1, 0.15) is 36.8 Å². The Labute approximate surface area is 107 Å². The lowest BCUT2D eigenvalue weighted by molar-refractivity contribution is 0.331. The molecule has 0 bridgehead atoms. The van der Waals surface area contributed by atoms with E-state index in [9.17, 15) is 4.39 Å². The number of ether oxygens (including phenoxy) is 2. The molecule has 1 aromatic rings. The number of benzene rings is 1. The number of hydrogen-bond acceptors (Lipinski definition) is 3. The lowest BCUT2D eigenvalue weighted by Crippen LogP contribution is -2.34. The fraction of sp³-hybridized carbons (Fsp3) is 0.571. The van der Waals surface area contributed by atoms with Gasteiger partial charge in [-0.15, -0.1) is 0 Å². The average Bonchev–Trinajstić information content (AvgIpc) is 2.79. The highest BCUT2D eigenvalue weighted by molar-refractivity contribution is 5.53. The summed E-state index contributed by atoms with van der Waals surface area (Å²) in [6.45, 7) is 1.91. The van der Waals surface area contributed by atoms with Crippen LogP contribution in [0.2, 0.25) is 0 Å². The van der Waals surface area contributed by atoms with E-state index in [1.807, 2.05) is 6.92 Å². The molecule has 0 atom stereocenters. The van der Waals surface area contributed by atoms with Gasteiger partial charge in [-0.2, -0.15) is 0 Å². The zero-order valence-corrected chi connectivity index (χ0v) is 11.2. The van der Waals surface area contributed by atoms with Crippen molar-refractivity contribution in [2.75, 3.05) is 14.2 Å². The first-order chi connectivity index (χ1) is 8.53. The summed E-state index contributed by atoms with van der Waals surface area (Å²) in [5.41, 5.74) is 7.69. The van der Waals surface area contributed by atoms with Crippen LogP contribution in [0.3, 0.4) is 0 Å². The third-order valence-corrected chi connectivity index (χ3v) is 3.88. The van der Waals surface area contributed by atoms with Crippen molar-refractivity contribution in [1.82, 2.24) is 0 Å². The van der Waals surface area contributed by atoms with Crippen LogP contribution in [0.4, 0.5) is 4.39 Å². The van der Waals surface area contributed by atoms with Crippen molar-refractivity contribution in [3.8, 4) is 11.5 Å². The van der Waals surface area contributed by atoms with Gasteiger partial charge in [-0.1, -0.05) is 12.8 Å². The summed E-state index contributed by atoms with van der Waals surface area (Å²) in [7, 11) is 2.96. The zero-order valence-electron chi connectivity index (χ0n) is 11.2. The molecule has 18 heavy (non-hydrogen) atoms. The van der Waals surface area contributed by atoms with E-state index in [0.717, 1.165) is 36.8 Å². The highest BCUT2D eigenvalue weighted by Gasteiger charge is 2.35. The third kappa shape index (κ3) is 1.94. The average molecular weight is 253 g/mol. The fourth-order valence-electron chi connectivity index (χ4n) is 2.93. The van der Waals surface area contributed by atoms with Gasteiger partial charge in [0.05, 0.1) is 14.2 Å². The first-order valence-electron chi connectivity index (χ1n) is 6.24. The molecule has 1 aliphatic rings. The summed E-state index contributed by atoms with van der Waals surface area (Å²) in [6, 6.07) is 1.50. The van der Waals surface area contributed by atoms with Crippen molar-refractivity contribution in [3.05, 3.63) is 23.0 Å². The van der Waals surface area contributed by atoms with Crippen molar-refractivity contribution in [1.29, 1.82) is 0 Å². The van der Waals surface area contributed by atoms with Gasteiger partial charge in [-0.05, 0) is 31.4 Å². The van der Waals surface area contributed by atoms with E-state index in [0.29, 0.717) is 5.75 Å². The molecule has 0 radical (unpaired) electrons. The third-order valence-electron chi connectivity index (χ3n) is 3.88. The van der Waals surface area contributed by atoms with E-state index in [2.05, 4.69) is 0 Å². The Morgan fingerprint density at radius 1 is 1.17 bits per heavy atom. The predicted molar refractivity (Wildman–Crippen MR) is 68.6 cm³/mol. The minimum absolute atomic E-state index is 0.153. The molecule has 4 heteroatoms. The summed E-state index contributed by atoms with van der Waals surface area (Å²) in [6.07, 6.45) is 3.96. The van der Waals surface area contributed by atoms with Crippen molar-refractivity contribution in [2.45, 2.75) is 38.1 Å². The minimum Gasteiger partial charge on any atom is -0.492 e. The maximum atomic E-state index is 14.0. The van der Waals surface area contributed by atoms with Gasteiger partial charge in [0.2, 0.25) is 0 Å². The van der Waals surface area contributed by atoms with Crippen LogP contribution in [0.15, 0.2) is 6.07 Å². The van der Waals surface area contributed by atoms with Crippen LogP contribution in [-0.4, -0.2) is 14.2 Å². The van der Waals surface area contributed by atoms with Crippen molar-refractivity contribution in [2.24, 2.45) is 5.73 Å². The highest BCUT2D eigenvalue weighted by Crippen LogP contribution is 2.44. The molecule has 3 nitrogen and oxygen atoms in total. The number of hydrogen-bond donors (Lipinski definition) is 1. The number of nitrogens with two attached hydrogens (primary N) is 1. The van der Waals surface area contributed by atoms with Gasteiger partial charge in [-0.3, -0.25) is 0 Å². The van der Waals surface area contributed by atoms with Crippen LogP contribution in [0.25, 0.3) is 0 Å². The molecule has 2 N–H and O–H groups in total. The van der Waals surface area contributed by atoms with Crippen LogP contribution in [0.5, 0.6) is 11.5 Å². The SMILES string of the molecule is COc1c(F)cc(C2(N)CCCC2)c(C)c1OC. The Bertz CT molecular complexity index is 454. The Morgan fingerprint density at radius 3 is 2.22 bits per heavy atom. The zero-order chi connectivity index (χ0) is 13.3. The minimum atomic E-state index is -0.426. The fourth-order valence-corrected chi connectivity index (χ4v) is 2.93. The largest absolute Gasteiger partial charge is 0.492 e. The van der Waals surface area contributed by atoms with E-state index in [4.69, 9.17) is 15.2 Å². The van der Waals surface area contributed by atoms with E-state index >= 15 is 0 Å². The summed E-state index contributed by atoms with van der Waals surface area (Å²) in [4.78, 5) is 0. The van der Waals surface area contributed by atoms with E-state index in [1.54, 1.807) is 0 Å². The second-order valence-electron chi connectivity index (χ2n) is 4.96. The smallest absolute Gasteiger partial charge is 0.197 e. The number of rotatable bonds is 3. The summed E-state index contributed by atoms with van der Waals surface area (Å²) in [5, 5.41) is 0. The van der Waals surface area contributed by atoms with Crippen LogP contribution in [0, 0.1) is 12.7 Å². The molecule has 1 aliphatic carbocycles. The first kappa shape index (κ1) is 13.1. The molecule has 0 aromatic heterocycles. The van der Waals surface area contributed by atoms with Gasteiger partial charge in [0.15, 0.2) is 17.3 Å². The van der Waals surface area contributed by atoms with Crippen molar-refractivity contribution < 1.29 is 13.9 Å². The maximum Gasteiger partial charge on any atom is 0.197 e. The molecule has 0 unspecified atom stereocenters. The molecule has 100 valence electrons. The van der Waals surface area contributed by atoms with Gasteiger partial charge < -0.3 is 15.2 Å². The Balaban J connectivity index is 2.59. The summed E-state index contributed by atoms with van der Waals surface area (Å²) >= 11 is 0. The van der Waals surface area contributed by atoms with Crippen LogP contribution < -0.4 is 15.2 Å². The Morgan fingerprint density at radius 2 is 1.72 bits per heavy atom. The Kier molecular flexibility index (Phi) is 3.48. The highest BCUT2D eigenvalue weighted by atomic mass is 19.1. The van der Waals surface area contributed by atoms with E-state index < -0.39 is 11.4 Å². The predicted octanol–water partition coefficient (Wildman–Crippen LogP) is 2.88. The molecule has 2 rings (SSSR count). The number of halogens is 1. The molecule has 0 amide bonds. The lowest BCUT2D eigenvalue weighted by atomic mass is 9.85. The molecule has 0 spiro atoms. The molecule has 1 saturated carbocycles. The molecule has 1 fully saturated rings. The first-order valence-corrected chi connectivity index (χ1v) is 6.24. The van der Waals surface area contributed by atoms with Gasteiger partial charge in [0, 0.05) is 11.1 Å². The van der Waals surface area contributed by atoms with Crippen LogP contribution in [-0.2, 0) is 5.54 Å². The number of methoxy groups -OCH3 is 2. The molecule has 0 saturated heterocycles. The molecular formula is C14H20FNO2. The standard InChI is InChI=1S/C14H20FNO2/c1-9-10(14(16)6-4-5-7-14)8-11(15)13(18-3)12(9)17-2/h8H,4-7,16H2,1-3H3. The van der Waals surface area contributed by atoms with E-state index in [1.165, 1.54) is 20.3 Å². The summed E-state index contributed by atoms with van der Waals surface area (Å²) < 4.78 is 24.4. The Hall–Kier alpha value is -1.29. The quantitative estimate of drug-likeness (QED) is 0.900. The van der Waals surface area contributed by atoms with E-state index in [-0.39, 0.29) is 5.75 Å². The second kappa shape index (κ2) is 4.76. The molecule has 0 heterocycles. The monoisotopic (exact) mass is 253 g/mol. The van der Waals surface area contributed by atoms with Gasteiger partial charge >= 0.3 is 0 Å². The van der Waals surface area contributed by atoms with Crippen molar-refractivity contribution in [3.63, 3.8) is 0 Å². The van der Waals surface area contributed by atoms with Crippen molar-refractivity contribution >= 4 is 0 Å². The molecule has 1 aromatic carbocycles. The van der Waals surface area contributed by atoms with Gasteiger partial charge in [-0.25, -0.2) is 4.39 Å². The maximum absolute atomic E-state index is 14.0. The normalized spacial score (nSPS) is 17.8. The molecule has 0 aliphatic heterocycles. The summed E-state index contributed by atoms with van der Waals surface area (Å²) in [5.74, 6) is 0.191. The van der Waals surface area contributed by atoms with Crippen LogP contribution >= 0.6 is 0 Å². The topological polar surface area (TPSA) is 44.5 Å². The van der Waals surface area contributed by atoms with Gasteiger partial charge in [0.1, 0.15) is 0 Å².